The van der Waals surface area contributed by atoms with E-state index >= 15 is 0 Å². The van der Waals surface area contributed by atoms with Crippen LogP contribution in [0.4, 0.5) is 26.3 Å². The van der Waals surface area contributed by atoms with Crippen molar-refractivity contribution in [1.82, 2.24) is 0 Å². The first-order chi connectivity index (χ1) is 9.79. The molecular formula is C13H13F6NO2. The molecule has 22 heavy (non-hydrogen) atoms. The molecule has 1 aromatic rings. The Morgan fingerprint density at radius 1 is 1.00 bits per heavy atom. The number of alkyl halides is 6. The molecule has 0 saturated carbocycles. The molecule has 0 fully saturated rings. The van der Waals surface area contributed by atoms with E-state index in [0.29, 0.717) is 12.1 Å². The Morgan fingerprint density at radius 2 is 1.36 bits per heavy atom. The fourth-order valence-corrected chi connectivity index (χ4v) is 1.94. The van der Waals surface area contributed by atoms with Crippen LogP contribution in [0.15, 0.2) is 18.2 Å². The molecule has 0 saturated heterocycles. The normalized spacial score (nSPS) is 15.5. The van der Waals surface area contributed by atoms with Crippen LogP contribution < -0.4 is 5.73 Å². The molecule has 124 valence electrons. The lowest BCUT2D eigenvalue weighted by Crippen LogP contribution is -2.32. The zero-order chi connectivity index (χ0) is 17.3. The van der Waals surface area contributed by atoms with Gasteiger partial charge in [-0.25, -0.2) is 0 Å². The van der Waals surface area contributed by atoms with Crippen LogP contribution in [0.3, 0.4) is 0 Å². The van der Waals surface area contributed by atoms with Gasteiger partial charge in [0.25, 0.3) is 0 Å². The third kappa shape index (κ3) is 4.12. The number of carbonyl (C=O) groups excluding carboxylic acids is 1. The first kappa shape index (κ1) is 18.3. The van der Waals surface area contributed by atoms with Crippen molar-refractivity contribution < 1.29 is 36.2 Å². The van der Waals surface area contributed by atoms with Crippen LogP contribution in [0.25, 0.3) is 0 Å². The highest BCUT2D eigenvalue weighted by atomic mass is 19.4. The second kappa shape index (κ2) is 5.79. The summed E-state index contributed by atoms with van der Waals surface area (Å²) in [5, 5.41) is 10.2. The van der Waals surface area contributed by atoms with Crippen LogP contribution in [-0.4, -0.2) is 11.0 Å². The Balaban J connectivity index is 3.56. The van der Waals surface area contributed by atoms with E-state index in [1.54, 1.807) is 0 Å². The van der Waals surface area contributed by atoms with Gasteiger partial charge in [-0.15, -0.1) is 0 Å². The summed E-state index contributed by atoms with van der Waals surface area (Å²) in [4.78, 5) is 10.9. The van der Waals surface area contributed by atoms with Gasteiger partial charge in [0.2, 0.25) is 5.91 Å². The third-order valence-electron chi connectivity index (χ3n) is 3.18. The van der Waals surface area contributed by atoms with E-state index in [4.69, 9.17) is 5.73 Å². The molecule has 0 spiro atoms. The minimum Gasteiger partial charge on any atom is -0.385 e. The maximum absolute atomic E-state index is 12.8. The molecule has 0 aliphatic carbocycles. The third-order valence-corrected chi connectivity index (χ3v) is 3.18. The lowest BCUT2D eigenvalue weighted by molar-refractivity contribution is -0.143. The van der Waals surface area contributed by atoms with Crippen molar-refractivity contribution in [3.63, 3.8) is 0 Å². The molecule has 1 amide bonds. The van der Waals surface area contributed by atoms with E-state index in [1.165, 1.54) is 6.92 Å². The molecule has 0 aliphatic rings. The second-order valence-corrected chi connectivity index (χ2v) is 4.82. The minimum atomic E-state index is -5.03. The quantitative estimate of drug-likeness (QED) is 0.833. The van der Waals surface area contributed by atoms with E-state index < -0.39 is 47.0 Å². The lowest BCUT2D eigenvalue weighted by Gasteiger charge is -2.27. The molecule has 0 radical (unpaired) electrons. The maximum atomic E-state index is 12.8. The summed E-state index contributed by atoms with van der Waals surface area (Å²) < 4.78 is 76.5. The lowest BCUT2D eigenvalue weighted by atomic mass is 9.85. The first-order valence-electron chi connectivity index (χ1n) is 6.10. The summed E-state index contributed by atoms with van der Waals surface area (Å²) in [6, 6.07) is 0.729. The fourth-order valence-electron chi connectivity index (χ4n) is 1.94. The van der Waals surface area contributed by atoms with Gasteiger partial charge in [-0.05, 0) is 30.2 Å². The number of halogens is 6. The van der Waals surface area contributed by atoms with Crippen molar-refractivity contribution in [1.29, 1.82) is 0 Å². The van der Waals surface area contributed by atoms with Crippen LogP contribution in [0.2, 0.25) is 0 Å². The molecule has 0 bridgehead atoms. The Kier molecular flexibility index (Phi) is 4.81. The van der Waals surface area contributed by atoms with Crippen LogP contribution in [0, 0.1) is 0 Å². The highest BCUT2D eigenvalue weighted by molar-refractivity contribution is 5.75. The van der Waals surface area contributed by atoms with E-state index in [9.17, 15) is 36.2 Å². The highest BCUT2D eigenvalue weighted by Gasteiger charge is 2.40. The number of amides is 1. The van der Waals surface area contributed by atoms with Crippen molar-refractivity contribution >= 4 is 5.91 Å². The van der Waals surface area contributed by atoms with E-state index in [-0.39, 0.29) is 12.5 Å². The number of nitrogens with two attached hydrogens (primary N) is 1. The predicted octanol–water partition coefficient (Wildman–Crippen LogP) is 3.20. The molecule has 1 rings (SSSR count). The molecule has 1 unspecified atom stereocenters. The van der Waals surface area contributed by atoms with Crippen molar-refractivity contribution in [2.45, 2.75) is 37.7 Å². The van der Waals surface area contributed by atoms with Gasteiger partial charge in [-0.1, -0.05) is 6.92 Å². The van der Waals surface area contributed by atoms with Crippen molar-refractivity contribution in [3.8, 4) is 0 Å². The summed E-state index contributed by atoms with van der Waals surface area (Å²) in [5.41, 5.74) is -1.08. The van der Waals surface area contributed by atoms with Crippen molar-refractivity contribution in [2.24, 2.45) is 5.73 Å². The number of aliphatic hydroxyl groups is 1. The molecule has 3 N–H and O–H groups in total. The average molecular weight is 329 g/mol. The number of primary amides is 1. The number of benzene rings is 1. The van der Waals surface area contributed by atoms with Crippen LogP contribution in [0.1, 0.15) is 36.5 Å². The van der Waals surface area contributed by atoms with Gasteiger partial charge in [0.05, 0.1) is 23.1 Å². The van der Waals surface area contributed by atoms with Gasteiger partial charge in [0, 0.05) is 0 Å². The smallest absolute Gasteiger partial charge is 0.385 e. The van der Waals surface area contributed by atoms with Gasteiger partial charge in [0.15, 0.2) is 0 Å². The highest BCUT2D eigenvalue weighted by Crippen LogP contribution is 2.39. The summed E-state index contributed by atoms with van der Waals surface area (Å²) in [6.45, 7) is 1.32. The molecule has 0 heterocycles. The Bertz CT molecular complexity index is 534. The molecule has 1 atom stereocenters. The van der Waals surface area contributed by atoms with E-state index in [1.807, 2.05) is 0 Å². The van der Waals surface area contributed by atoms with Crippen LogP contribution >= 0.6 is 0 Å². The standard InChI is InChI=1S/C13H13F6NO2/c1-2-11(22,6-10(20)21)7-3-8(12(14,15)16)5-9(4-7)13(17,18)19/h3-5,22H,2,6H2,1H3,(H2,20,21). The summed E-state index contributed by atoms with van der Waals surface area (Å²) in [5.74, 6) is -1.05. The van der Waals surface area contributed by atoms with Crippen LogP contribution in [0.5, 0.6) is 0 Å². The van der Waals surface area contributed by atoms with Gasteiger partial charge in [-0.3, -0.25) is 4.79 Å². The van der Waals surface area contributed by atoms with Crippen LogP contribution in [-0.2, 0) is 22.7 Å². The molecular weight excluding hydrogens is 316 g/mol. The average Bonchev–Trinajstić information content (AvgIpc) is 2.35. The molecule has 0 aromatic heterocycles. The SMILES string of the molecule is CCC(O)(CC(N)=O)c1cc(C(F)(F)F)cc(C(F)(F)F)c1. The summed E-state index contributed by atoms with van der Waals surface area (Å²) in [7, 11) is 0. The molecule has 3 nitrogen and oxygen atoms in total. The maximum Gasteiger partial charge on any atom is 0.416 e. The molecule has 1 aromatic carbocycles. The summed E-state index contributed by atoms with van der Waals surface area (Å²) in [6.07, 6.45) is -11.1. The Morgan fingerprint density at radius 3 is 1.64 bits per heavy atom. The monoisotopic (exact) mass is 329 g/mol. The molecule has 9 heteroatoms. The largest absolute Gasteiger partial charge is 0.416 e. The number of carbonyl (C=O) groups is 1. The van der Waals surface area contributed by atoms with Gasteiger partial charge >= 0.3 is 12.4 Å². The van der Waals surface area contributed by atoms with E-state index in [0.717, 1.165) is 0 Å². The van der Waals surface area contributed by atoms with Gasteiger partial charge in [-0.2, -0.15) is 26.3 Å². The van der Waals surface area contributed by atoms with Crippen molar-refractivity contribution in [3.05, 3.63) is 34.9 Å². The van der Waals surface area contributed by atoms with E-state index in [2.05, 4.69) is 0 Å². The number of rotatable bonds is 4. The topological polar surface area (TPSA) is 63.3 Å². The predicted molar refractivity (Wildman–Crippen MR) is 64.4 cm³/mol. The number of hydrogen-bond acceptors (Lipinski definition) is 2. The minimum absolute atomic E-state index is 0.0517. The summed E-state index contributed by atoms with van der Waals surface area (Å²) >= 11 is 0. The Labute approximate surface area is 121 Å². The zero-order valence-electron chi connectivity index (χ0n) is 11.3. The fraction of sp³-hybridized carbons (Fsp3) is 0.462. The zero-order valence-corrected chi connectivity index (χ0v) is 11.3. The van der Waals surface area contributed by atoms with Gasteiger partial charge in [0.1, 0.15) is 0 Å². The number of hydrogen-bond donors (Lipinski definition) is 2. The molecule has 0 aliphatic heterocycles. The van der Waals surface area contributed by atoms with Crippen molar-refractivity contribution in [2.75, 3.05) is 0 Å². The first-order valence-corrected chi connectivity index (χ1v) is 6.10. The van der Waals surface area contributed by atoms with Gasteiger partial charge < -0.3 is 10.8 Å². The second-order valence-electron chi connectivity index (χ2n) is 4.82. The Hall–Kier alpha value is -1.77.